The van der Waals surface area contributed by atoms with Gasteiger partial charge in [0.2, 0.25) is 5.91 Å². The number of ether oxygens (including phenoxy) is 4. The Labute approximate surface area is 339 Å². The predicted octanol–water partition coefficient (Wildman–Crippen LogP) is 9.02. The maximum atomic E-state index is 13.4. The smallest absolute Gasteiger partial charge is 0.350 e. The van der Waals surface area contributed by atoms with E-state index in [4.69, 9.17) is 24.7 Å². The molecule has 6 rings (SSSR count). The van der Waals surface area contributed by atoms with Gasteiger partial charge < -0.3 is 35.3 Å². The number of nitrogens with one attached hydrogen (secondary N) is 2. The van der Waals surface area contributed by atoms with E-state index in [9.17, 15) is 24.0 Å². The number of anilines is 2. The highest BCUT2D eigenvalue weighted by molar-refractivity contribution is 6.16. The van der Waals surface area contributed by atoms with E-state index in [0.717, 1.165) is 36.8 Å². The van der Waals surface area contributed by atoms with Crippen LogP contribution in [0.5, 0.6) is 0 Å². The SMILES string of the molecule is CCCCCCCC1CCC(c2ccc(C(N)=O)c(-c3ccccc3NC=C3C(=O)OC(C)(C)OC3=O)c2-c2ccccc2NC=C2C(=O)OC(C)(C)OC2=O)CC1. The zero-order chi connectivity index (χ0) is 41.6. The highest BCUT2D eigenvalue weighted by atomic mass is 16.7. The fraction of sp³-hybridized carbons (Fsp3) is 0.413. The van der Waals surface area contributed by atoms with Gasteiger partial charge in [0.05, 0.1) is 0 Å². The van der Waals surface area contributed by atoms with Gasteiger partial charge in [-0.2, -0.15) is 0 Å². The van der Waals surface area contributed by atoms with E-state index in [-0.39, 0.29) is 22.6 Å². The Hall–Kier alpha value is -5.91. The molecule has 0 unspecified atom stereocenters. The molecule has 0 aromatic heterocycles. The number of carbonyl (C=O) groups excluding carboxylic acids is 5. The van der Waals surface area contributed by atoms with Crippen molar-refractivity contribution in [1.82, 2.24) is 0 Å². The number of primary amides is 1. The molecule has 3 aromatic carbocycles. The molecule has 0 bridgehead atoms. The van der Waals surface area contributed by atoms with Gasteiger partial charge in [0.25, 0.3) is 11.6 Å². The molecule has 4 N–H and O–H groups in total. The van der Waals surface area contributed by atoms with Crippen molar-refractivity contribution < 1.29 is 42.9 Å². The molecule has 58 heavy (non-hydrogen) atoms. The molecule has 1 aliphatic carbocycles. The molecule has 2 aliphatic heterocycles. The Balaban J connectivity index is 1.46. The molecule has 3 fully saturated rings. The molecular weight excluding hydrogens is 739 g/mol. The lowest BCUT2D eigenvalue weighted by Crippen LogP contribution is -2.42. The fourth-order valence-electron chi connectivity index (χ4n) is 8.04. The summed E-state index contributed by atoms with van der Waals surface area (Å²) in [7, 11) is 0. The Bertz CT molecular complexity index is 2100. The maximum Gasteiger partial charge on any atom is 0.350 e. The number of benzene rings is 3. The van der Waals surface area contributed by atoms with Gasteiger partial charge in [-0.25, -0.2) is 19.2 Å². The second kappa shape index (κ2) is 17.7. The van der Waals surface area contributed by atoms with E-state index < -0.39 is 41.4 Å². The van der Waals surface area contributed by atoms with Crippen LogP contribution in [-0.2, 0) is 38.1 Å². The van der Waals surface area contributed by atoms with E-state index in [1.807, 2.05) is 42.5 Å². The summed E-state index contributed by atoms with van der Waals surface area (Å²) >= 11 is 0. The van der Waals surface area contributed by atoms with Crippen molar-refractivity contribution >= 4 is 41.2 Å². The average molecular weight is 792 g/mol. The van der Waals surface area contributed by atoms with Crippen LogP contribution in [0.25, 0.3) is 22.3 Å². The molecule has 0 spiro atoms. The van der Waals surface area contributed by atoms with Crippen molar-refractivity contribution in [2.75, 3.05) is 10.6 Å². The van der Waals surface area contributed by atoms with E-state index in [0.29, 0.717) is 34.0 Å². The van der Waals surface area contributed by atoms with Crippen LogP contribution in [0, 0.1) is 5.92 Å². The second-order valence-electron chi connectivity index (χ2n) is 16.1. The maximum absolute atomic E-state index is 13.4. The van der Waals surface area contributed by atoms with Crippen molar-refractivity contribution in [2.24, 2.45) is 11.7 Å². The van der Waals surface area contributed by atoms with Crippen LogP contribution in [0.15, 0.2) is 84.2 Å². The van der Waals surface area contributed by atoms with Crippen LogP contribution in [0.4, 0.5) is 11.4 Å². The van der Waals surface area contributed by atoms with Gasteiger partial charge in [0.1, 0.15) is 0 Å². The van der Waals surface area contributed by atoms with E-state index >= 15 is 0 Å². The van der Waals surface area contributed by atoms with Gasteiger partial charge in [0, 0.05) is 73.7 Å². The molecule has 12 nitrogen and oxygen atoms in total. The zero-order valence-corrected chi connectivity index (χ0v) is 33.9. The third-order valence-corrected chi connectivity index (χ3v) is 10.9. The van der Waals surface area contributed by atoms with Crippen molar-refractivity contribution in [3.8, 4) is 22.3 Å². The lowest BCUT2D eigenvalue weighted by molar-refractivity contribution is -0.224. The van der Waals surface area contributed by atoms with Crippen LogP contribution in [0.1, 0.15) is 121 Å². The van der Waals surface area contributed by atoms with E-state index in [1.54, 1.807) is 18.2 Å². The molecule has 0 atom stereocenters. The lowest BCUT2D eigenvalue weighted by atomic mass is 9.73. The third-order valence-electron chi connectivity index (χ3n) is 10.9. The lowest BCUT2D eigenvalue weighted by Gasteiger charge is -2.32. The highest BCUT2D eigenvalue weighted by Gasteiger charge is 2.40. The summed E-state index contributed by atoms with van der Waals surface area (Å²) in [6, 6.07) is 18.4. The minimum absolute atomic E-state index is 0.140. The quantitative estimate of drug-likeness (QED) is 0.0616. The largest absolute Gasteiger partial charge is 0.419 e. The van der Waals surface area contributed by atoms with Crippen molar-refractivity contribution in [2.45, 2.75) is 116 Å². The van der Waals surface area contributed by atoms with E-state index in [1.165, 1.54) is 78.6 Å². The summed E-state index contributed by atoms with van der Waals surface area (Å²) in [5.41, 5.74) is 10.3. The molecule has 1 saturated carbocycles. The Kier molecular flexibility index (Phi) is 12.7. The summed E-state index contributed by atoms with van der Waals surface area (Å²) in [4.78, 5) is 64.9. The topological polar surface area (TPSA) is 172 Å². The molecule has 3 aliphatic rings. The standard InChI is InChI=1S/C46H53N3O9/c1-6-7-8-9-10-15-28-20-22-29(23-21-28)30-24-25-33(40(47)50)39(32-17-12-14-19-37(32)49-27-35-43(53)57-46(4,5)58-44(35)54)38(30)31-16-11-13-18-36(31)48-26-34-41(51)55-45(2,3)56-42(34)52/h11-14,16-19,24-29,48-49H,6-10,15,20-23H2,1-5H3,(H2,47,50). The number of rotatable bonds is 14. The fourth-order valence-corrected chi connectivity index (χ4v) is 8.04. The summed E-state index contributed by atoms with van der Waals surface area (Å²) in [5, 5.41) is 6.27. The van der Waals surface area contributed by atoms with Gasteiger partial charge in [-0.3, -0.25) is 4.79 Å². The minimum atomic E-state index is -1.41. The van der Waals surface area contributed by atoms with Crippen LogP contribution in [-0.4, -0.2) is 41.4 Å². The Morgan fingerprint density at radius 2 is 1.12 bits per heavy atom. The van der Waals surface area contributed by atoms with Gasteiger partial charge >= 0.3 is 23.9 Å². The summed E-state index contributed by atoms with van der Waals surface area (Å²) in [5.74, 6) is -6.01. The summed E-state index contributed by atoms with van der Waals surface area (Å²) in [6.07, 6.45) is 14.0. The zero-order valence-electron chi connectivity index (χ0n) is 33.9. The monoisotopic (exact) mass is 791 g/mol. The number of esters is 4. The van der Waals surface area contributed by atoms with E-state index in [2.05, 4.69) is 17.6 Å². The van der Waals surface area contributed by atoms with Crippen LogP contribution >= 0.6 is 0 Å². The Morgan fingerprint density at radius 1 is 0.655 bits per heavy atom. The van der Waals surface area contributed by atoms with Crippen LogP contribution < -0.4 is 16.4 Å². The van der Waals surface area contributed by atoms with Crippen LogP contribution in [0.2, 0.25) is 0 Å². The molecular formula is C46H53N3O9. The molecule has 3 aromatic rings. The molecule has 2 heterocycles. The number of carbonyl (C=O) groups is 5. The molecule has 2 saturated heterocycles. The van der Waals surface area contributed by atoms with Crippen molar-refractivity contribution in [3.63, 3.8) is 0 Å². The first-order chi connectivity index (χ1) is 27.7. The van der Waals surface area contributed by atoms with Crippen LogP contribution in [0.3, 0.4) is 0 Å². The number of hydrogen-bond donors (Lipinski definition) is 3. The first kappa shape index (κ1) is 41.7. The van der Waals surface area contributed by atoms with Gasteiger partial charge in [-0.15, -0.1) is 0 Å². The average Bonchev–Trinajstić information content (AvgIpc) is 3.16. The third kappa shape index (κ3) is 9.61. The Morgan fingerprint density at radius 3 is 1.60 bits per heavy atom. The molecule has 1 amide bonds. The first-order valence-electron chi connectivity index (χ1n) is 20.2. The van der Waals surface area contributed by atoms with Gasteiger partial charge in [0.15, 0.2) is 11.1 Å². The molecule has 306 valence electrons. The normalized spacial score (nSPS) is 19.9. The molecule has 12 heteroatoms. The van der Waals surface area contributed by atoms with Gasteiger partial charge in [-0.05, 0) is 66.8 Å². The number of amides is 1. The van der Waals surface area contributed by atoms with Crippen molar-refractivity contribution in [1.29, 1.82) is 0 Å². The van der Waals surface area contributed by atoms with Gasteiger partial charge in [-0.1, -0.05) is 87.9 Å². The first-order valence-corrected chi connectivity index (χ1v) is 20.2. The number of nitrogens with two attached hydrogens (primary N) is 1. The summed E-state index contributed by atoms with van der Waals surface area (Å²) < 4.78 is 21.2. The summed E-state index contributed by atoms with van der Waals surface area (Å²) in [6.45, 7) is 8.13. The van der Waals surface area contributed by atoms with Crippen molar-refractivity contribution in [3.05, 3.63) is 95.3 Å². The number of cyclic esters (lactones) is 4. The molecule has 0 radical (unpaired) electrons. The highest BCUT2D eigenvalue weighted by Crippen LogP contribution is 2.49. The predicted molar refractivity (Wildman–Crippen MR) is 220 cm³/mol. The number of hydrogen-bond acceptors (Lipinski definition) is 11. The minimum Gasteiger partial charge on any atom is -0.419 e. The number of unbranched alkanes of at least 4 members (excludes halogenated alkanes) is 4. The second-order valence-corrected chi connectivity index (χ2v) is 16.1. The number of para-hydroxylation sites is 2.